The molecule has 0 aromatic heterocycles. The minimum Gasteiger partial charge on any atom is -0.329 e. The van der Waals surface area contributed by atoms with Gasteiger partial charge in [-0.05, 0) is 57.0 Å². The Morgan fingerprint density at radius 1 is 1.24 bits per heavy atom. The Balaban J connectivity index is 1.90. The summed E-state index contributed by atoms with van der Waals surface area (Å²) < 4.78 is 0. The fraction of sp³-hybridized carbons (Fsp3) is 1.00. The summed E-state index contributed by atoms with van der Waals surface area (Å²) in [5, 5.41) is 0. The van der Waals surface area contributed by atoms with Crippen LogP contribution in [0.4, 0.5) is 0 Å². The molecule has 2 rings (SSSR count). The van der Waals surface area contributed by atoms with Crippen molar-refractivity contribution in [3.63, 3.8) is 0 Å². The Kier molecular flexibility index (Phi) is 4.48. The van der Waals surface area contributed by atoms with E-state index in [9.17, 15) is 0 Å². The number of hydrogen-bond donors (Lipinski definition) is 1. The highest BCUT2D eigenvalue weighted by Gasteiger charge is 2.42. The lowest BCUT2D eigenvalue weighted by Gasteiger charge is -2.45. The van der Waals surface area contributed by atoms with Crippen molar-refractivity contribution in [3.8, 4) is 0 Å². The molecule has 2 heteroatoms. The van der Waals surface area contributed by atoms with E-state index in [0.717, 1.165) is 18.4 Å². The number of hydrogen-bond acceptors (Lipinski definition) is 2. The molecule has 2 atom stereocenters. The van der Waals surface area contributed by atoms with Gasteiger partial charge < -0.3 is 5.73 Å². The Morgan fingerprint density at radius 3 is 2.41 bits per heavy atom. The van der Waals surface area contributed by atoms with Crippen LogP contribution in [0.5, 0.6) is 0 Å². The Labute approximate surface area is 107 Å². The van der Waals surface area contributed by atoms with Crippen molar-refractivity contribution >= 4 is 0 Å². The zero-order chi connectivity index (χ0) is 12.3. The summed E-state index contributed by atoms with van der Waals surface area (Å²) in [6.45, 7) is 8.17. The van der Waals surface area contributed by atoms with Gasteiger partial charge in [-0.1, -0.05) is 26.7 Å². The van der Waals surface area contributed by atoms with Crippen molar-refractivity contribution in [1.82, 2.24) is 4.90 Å². The molecule has 0 radical (unpaired) electrons. The molecule has 1 aliphatic carbocycles. The minimum absolute atomic E-state index is 0.372. The normalized spacial score (nSPS) is 36.5. The van der Waals surface area contributed by atoms with E-state index in [1.165, 1.54) is 58.0 Å². The maximum absolute atomic E-state index is 6.11. The first-order valence-corrected chi connectivity index (χ1v) is 7.65. The molecular weight excluding hydrogens is 208 g/mol. The number of likely N-dealkylation sites (tertiary alicyclic amines) is 1. The van der Waals surface area contributed by atoms with Crippen LogP contribution in [0.3, 0.4) is 0 Å². The largest absolute Gasteiger partial charge is 0.329 e. The van der Waals surface area contributed by atoms with Crippen molar-refractivity contribution in [3.05, 3.63) is 0 Å². The van der Waals surface area contributed by atoms with Crippen LogP contribution in [-0.4, -0.2) is 30.1 Å². The van der Waals surface area contributed by atoms with Crippen molar-refractivity contribution in [2.75, 3.05) is 19.6 Å². The summed E-state index contributed by atoms with van der Waals surface area (Å²) in [4.78, 5) is 2.74. The molecule has 0 aromatic carbocycles. The second-order valence-electron chi connectivity index (χ2n) is 6.50. The maximum Gasteiger partial charge on any atom is 0.0334 e. The Hall–Kier alpha value is -0.0800. The summed E-state index contributed by atoms with van der Waals surface area (Å²) in [6.07, 6.45) is 9.65. The first kappa shape index (κ1) is 13.4. The van der Waals surface area contributed by atoms with Gasteiger partial charge in [0.1, 0.15) is 0 Å². The van der Waals surface area contributed by atoms with Gasteiger partial charge in [-0.3, -0.25) is 4.90 Å². The second-order valence-corrected chi connectivity index (χ2v) is 6.50. The molecule has 0 aromatic rings. The molecule has 1 heterocycles. The van der Waals surface area contributed by atoms with Crippen LogP contribution in [0.2, 0.25) is 0 Å². The molecule has 17 heavy (non-hydrogen) atoms. The van der Waals surface area contributed by atoms with E-state index >= 15 is 0 Å². The van der Waals surface area contributed by atoms with E-state index < -0.39 is 0 Å². The Morgan fingerprint density at radius 2 is 1.94 bits per heavy atom. The quantitative estimate of drug-likeness (QED) is 0.816. The summed E-state index contributed by atoms with van der Waals surface area (Å²) in [7, 11) is 0. The van der Waals surface area contributed by atoms with Crippen molar-refractivity contribution in [2.24, 2.45) is 17.6 Å². The predicted molar refractivity (Wildman–Crippen MR) is 74.0 cm³/mol. The zero-order valence-corrected chi connectivity index (χ0v) is 11.8. The lowest BCUT2D eigenvalue weighted by molar-refractivity contribution is 0.0548. The second kappa shape index (κ2) is 5.71. The van der Waals surface area contributed by atoms with Crippen LogP contribution in [0, 0.1) is 11.8 Å². The highest BCUT2D eigenvalue weighted by atomic mass is 15.2. The number of nitrogens with two attached hydrogens (primary N) is 1. The molecule has 2 fully saturated rings. The van der Waals surface area contributed by atoms with Gasteiger partial charge in [0.05, 0.1) is 0 Å². The molecule has 1 saturated carbocycles. The van der Waals surface area contributed by atoms with E-state index in [2.05, 4.69) is 18.7 Å². The van der Waals surface area contributed by atoms with Gasteiger partial charge in [0, 0.05) is 12.1 Å². The van der Waals surface area contributed by atoms with Crippen LogP contribution >= 0.6 is 0 Å². The van der Waals surface area contributed by atoms with E-state index in [-0.39, 0.29) is 0 Å². The van der Waals surface area contributed by atoms with Gasteiger partial charge >= 0.3 is 0 Å². The summed E-state index contributed by atoms with van der Waals surface area (Å²) in [5.74, 6) is 1.87. The average molecular weight is 238 g/mol. The lowest BCUT2D eigenvalue weighted by atomic mass is 9.86. The van der Waals surface area contributed by atoms with Gasteiger partial charge in [0.25, 0.3) is 0 Å². The zero-order valence-electron chi connectivity index (χ0n) is 11.8. The van der Waals surface area contributed by atoms with Crippen LogP contribution in [0.1, 0.15) is 58.8 Å². The molecule has 0 bridgehead atoms. The van der Waals surface area contributed by atoms with Crippen molar-refractivity contribution in [2.45, 2.75) is 64.3 Å². The fourth-order valence-electron chi connectivity index (χ4n) is 4.07. The molecule has 2 nitrogen and oxygen atoms in total. The fourth-order valence-corrected chi connectivity index (χ4v) is 4.07. The minimum atomic E-state index is 0.372. The molecule has 2 unspecified atom stereocenters. The van der Waals surface area contributed by atoms with E-state index in [1.807, 2.05) is 0 Å². The molecule has 2 N–H and O–H groups in total. The third-order valence-corrected chi connectivity index (χ3v) is 5.19. The standard InChI is InChI=1S/C15H30N2/c1-3-4-14-6-9-17(10-7-14)15(12-16)8-5-13(2)11-15/h13-14H,3-12,16H2,1-2H3. The van der Waals surface area contributed by atoms with Crippen LogP contribution < -0.4 is 5.73 Å². The number of rotatable bonds is 4. The molecule has 1 aliphatic heterocycles. The van der Waals surface area contributed by atoms with Gasteiger partial charge in [-0.15, -0.1) is 0 Å². The third kappa shape index (κ3) is 2.85. The molecule has 2 aliphatic rings. The predicted octanol–water partition coefficient (Wildman–Crippen LogP) is 3.02. The maximum atomic E-state index is 6.11. The van der Waals surface area contributed by atoms with Crippen molar-refractivity contribution < 1.29 is 0 Å². The molecular formula is C15H30N2. The molecule has 1 saturated heterocycles. The molecule has 0 spiro atoms. The lowest BCUT2D eigenvalue weighted by Crippen LogP contribution is -2.54. The average Bonchev–Trinajstić information content (AvgIpc) is 2.74. The molecule has 100 valence electrons. The van der Waals surface area contributed by atoms with Crippen LogP contribution in [-0.2, 0) is 0 Å². The monoisotopic (exact) mass is 238 g/mol. The SMILES string of the molecule is CCCC1CCN(C2(CN)CCC(C)C2)CC1. The topological polar surface area (TPSA) is 29.3 Å². The van der Waals surface area contributed by atoms with Gasteiger partial charge in [0.15, 0.2) is 0 Å². The van der Waals surface area contributed by atoms with E-state index in [4.69, 9.17) is 5.73 Å². The van der Waals surface area contributed by atoms with Crippen LogP contribution in [0.25, 0.3) is 0 Å². The first-order chi connectivity index (χ1) is 8.20. The Bertz CT molecular complexity index is 233. The van der Waals surface area contributed by atoms with Gasteiger partial charge in [-0.2, -0.15) is 0 Å². The summed E-state index contributed by atoms with van der Waals surface area (Å²) in [5.41, 5.74) is 6.49. The van der Waals surface area contributed by atoms with Crippen LogP contribution in [0.15, 0.2) is 0 Å². The highest BCUT2D eigenvalue weighted by molar-refractivity contribution is 4.99. The van der Waals surface area contributed by atoms with Gasteiger partial charge in [0.2, 0.25) is 0 Å². The summed E-state index contributed by atoms with van der Waals surface area (Å²) in [6, 6.07) is 0. The molecule has 0 amide bonds. The number of nitrogens with zero attached hydrogens (tertiary/aromatic N) is 1. The van der Waals surface area contributed by atoms with E-state index in [0.29, 0.717) is 5.54 Å². The smallest absolute Gasteiger partial charge is 0.0334 e. The number of piperidine rings is 1. The highest BCUT2D eigenvalue weighted by Crippen LogP contribution is 2.40. The first-order valence-electron chi connectivity index (χ1n) is 7.65. The van der Waals surface area contributed by atoms with Gasteiger partial charge in [-0.25, -0.2) is 0 Å². The third-order valence-electron chi connectivity index (χ3n) is 5.19. The van der Waals surface area contributed by atoms with E-state index in [1.54, 1.807) is 0 Å². The van der Waals surface area contributed by atoms with Crippen molar-refractivity contribution in [1.29, 1.82) is 0 Å². The summed E-state index contributed by atoms with van der Waals surface area (Å²) >= 11 is 0.